The molecule has 5 nitrogen and oxygen atoms in total. The molecule has 0 fully saturated rings. The number of allylic oxidation sites excluding steroid dienone is 2. The van der Waals surface area contributed by atoms with Crippen molar-refractivity contribution in [3.63, 3.8) is 0 Å². The van der Waals surface area contributed by atoms with Gasteiger partial charge in [0.25, 0.3) is 0 Å². The molecule has 404 valence electrons. The van der Waals surface area contributed by atoms with E-state index in [1.165, 1.54) is 289 Å². The first-order valence-electron chi connectivity index (χ1n) is 31.2. The number of carbonyl (C=O) groups is 2. The molecule has 5 heteroatoms. The highest BCUT2D eigenvalue weighted by atomic mass is 16.6. The second-order valence-electron chi connectivity index (χ2n) is 21.3. The number of ether oxygens (including phenoxy) is 3. The number of unbranched alkanes of at least 4 members (excludes halogenated alkanes) is 46. The third-order valence-electron chi connectivity index (χ3n) is 14.3. The zero-order chi connectivity index (χ0) is 49.2. The Balaban J connectivity index is 4.19. The van der Waals surface area contributed by atoms with E-state index in [0.717, 1.165) is 32.1 Å². The Morgan fingerprint density at radius 1 is 0.309 bits per heavy atom. The van der Waals surface area contributed by atoms with E-state index < -0.39 is 6.10 Å². The second-order valence-corrected chi connectivity index (χ2v) is 21.3. The molecule has 0 rings (SSSR count). The summed E-state index contributed by atoms with van der Waals surface area (Å²) >= 11 is 0. The van der Waals surface area contributed by atoms with Gasteiger partial charge in [0.15, 0.2) is 6.10 Å². The van der Waals surface area contributed by atoms with E-state index >= 15 is 0 Å². The fourth-order valence-electron chi connectivity index (χ4n) is 9.63. The van der Waals surface area contributed by atoms with Crippen LogP contribution in [-0.2, 0) is 23.8 Å². The third kappa shape index (κ3) is 57.2. The maximum Gasteiger partial charge on any atom is 0.306 e. The topological polar surface area (TPSA) is 61.8 Å². The molecule has 0 aliphatic rings. The number of hydrogen-bond donors (Lipinski definition) is 0. The fraction of sp³-hybridized carbons (Fsp3) is 0.937. The summed E-state index contributed by atoms with van der Waals surface area (Å²) in [4.78, 5) is 25.6. The Kier molecular flexibility index (Phi) is 58.7. The van der Waals surface area contributed by atoms with Crippen molar-refractivity contribution in [2.24, 2.45) is 0 Å². The van der Waals surface area contributed by atoms with Crippen LogP contribution in [0.15, 0.2) is 12.2 Å². The molecule has 0 N–H and O–H groups in total. The molecule has 0 spiro atoms. The molecule has 0 saturated carbocycles. The van der Waals surface area contributed by atoms with Crippen molar-refractivity contribution in [1.29, 1.82) is 0 Å². The van der Waals surface area contributed by atoms with E-state index in [9.17, 15) is 9.59 Å². The third-order valence-corrected chi connectivity index (χ3v) is 14.3. The maximum atomic E-state index is 12.9. The summed E-state index contributed by atoms with van der Waals surface area (Å²) in [6.07, 6.45) is 71.0. The Morgan fingerprint density at radius 3 is 0.897 bits per heavy atom. The molecule has 0 bridgehead atoms. The average Bonchev–Trinajstić information content (AvgIpc) is 3.34. The number of carbonyl (C=O) groups excluding carboxylic acids is 2. The van der Waals surface area contributed by atoms with Crippen molar-refractivity contribution < 1.29 is 23.8 Å². The Bertz CT molecular complexity index is 994. The van der Waals surface area contributed by atoms with Crippen LogP contribution < -0.4 is 0 Å². The van der Waals surface area contributed by atoms with Gasteiger partial charge in [-0.25, -0.2) is 0 Å². The highest BCUT2D eigenvalue weighted by Crippen LogP contribution is 2.18. The van der Waals surface area contributed by atoms with E-state index in [4.69, 9.17) is 14.2 Å². The summed E-state index contributed by atoms with van der Waals surface area (Å²) < 4.78 is 17.5. The molecule has 0 amide bonds. The zero-order valence-electron chi connectivity index (χ0n) is 46.7. The number of hydrogen-bond acceptors (Lipinski definition) is 5. The van der Waals surface area contributed by atoms with Gasteiger partial charge in [-0.1, -0.05) is 309 Å². The van der Waals surface area contributed by atoms with Gasteiger partial charge in [0.05, 0.1) is 6.61 Å². The van der Waals surface area contributed by atoms with E-state index in [1.807, 2.05) is 0 Å². The number of rotatable bonds is 59. The van der Waals surface area contributed by atoms with Gasteiger partial charge in [-0.15, -0.1) is 0 Å². The van der Waals surface area contributed by atoms with Crippen molar-refractivity contribution in [3.8, 4) is 0 Å². The lowest BCUT2D eigenvalue weighted by atomic mass is 10.0. The van der Waals surface area contributed by atoms with E-state index in [0.29, 0.717) is 26.1 Å². The van der Waals surface area contributed by atoms with Gasteiger partial charge in [0.2, 0.25) is 0 Å². The predicted octanol–water partition coefficient (Wildman–Crippen LogP) is 21.4. The standard InChI is InChI=1S/C63H122O5/c1-4-7-10-13-16-19-22-25-28-31-32-34-35-38-41-44-47-50-53-56-62(64)67-60-61(59-66-58-55-52-49-46-43-40-37-30-27-24-21-18-15-12-9-6-3)68-63(65)57-54-51-48-45-42-39-36-33-29-26-23-20-17-14-11-8-5-2/h25,28,61H,4-24,26-27,29-60H2,1-3H3/b28-25-/t61-/m1/s1. The minimum atomic E-state index is -0.528. The van der Waals surface area contributed by atoms with Crippen LogP contribution in [0.4, 0.5) is 0 Å². The van der Waals surface area contributed by atoms with Gasteiger partial charge in [-0.05, 0) is 44.9 Å². The summed E-state index contributed by atoms with van der Waals surface area (Å²) in [5, 5.41) is 0. The normalized spacial score (nSPS) is 12.1. The minimum absolute atomic E-state index is 0.0947. The van der Waals surface area contributed by atoms with Crippen LogP contribution in [0.5, 0.6) is 0 Å². The van der Waals surface area contributed by atoms with Gasteiger partial charge in [-0.3, -0.25) is 9.59 Å². The largest absolute Gasteiger partial charge is 0.462 e. The molecular formula is C63H122O5. The van der Waals surface area contributed by atoms with Gasteiger partial charge in [0.1, 0.15) is 6.61 Å². The molecule has 0 heterocycles. The summed E-state index contributed by atoms with van der Waals surface area (Å²) in [5.41, 5.74) is 0. The van der Waals surface area contributed by atoms with Crippen molar-refractivity contribution in [1.82, 2.24) is 0 Å². The molecule has 0 aromatic carbocycles. The van der Waals surface area contributed by atoms with E-state index in [-0.39, 0.29) is 18.5 Å². The lowest BCUT2D eigenvalue weighted by molar-refractivity contribution is -0.163. The van der Waals surface area contributed by atoms with Crippen LogP contribution in [0.3, 0.4) is 0 Å². The monoisotopic (exact) mass is 959 g/mol. The zero-order valence-corrected chi connectivity index (χ0v) is 46.7. The Hall–Kier alpha value is -1.36. The molecule has 0 aromatic rings. The molecule has 0 aliphatic carbocycles. The van der Waals surface area contributed by atoms with Gasteiger partial charge in [-0.2, -0.15) is 0 Å². The summed E-state index contributed by atoms with van der Waals surface area (Å²) in [6.45, 7) is 7.92. The molecule has 68 heavy (non-hydrogen) atoms. The Morgan fingerprint density at radius 2 is 0.574 bits per heavy atom. The first-order chi connectivity index (χ1) is 33.6. The number of esters is 2. The SMILES string of the molecule is CCCCCCCC/C=C\CCCCCCCCCCCC(=O)OC[C@@H](COCCCCCCCCCCCCCCCCCC)OC(=O)CCCCCCCCCCCCCCCCCCC. The van der Waals surface area contributed by atoms with Crippen LogP contribution >= 0.6 is 0 Å². The van der Waals surface area contributed by atoms with Crippen molar-refractivity contribution in [2.75, 3.05) is 19.8 Å². The van der Waals surface area contributed by atoms with Crippen LogP contribution in [0.1, 0.15) is 355 Å². The molecule has 1 atom stereocenters. The van der Waals surface area contributed by atoms with Gasteiger partial charge >= 0.3 is 11.9 Å². The molecule has 0 aliphatic heterocycles. The molecule has 0 unspecified atom stereocenters. The highest BCUT2D eigenvalue weighted by molar-refractivity contribution is 5.70. The van der Waals surface area contributed by atoms with Gasteiger partial charge < -0.3 is 14.2 Å². The molecule has 0 radical (unpaired) electrons. The maximum absolute atomic E-state index is 12.9. The van der Waals surface area contributed by atoms with Crippen LogP contribution in [-0.4, -0.2) is 37.9 Å². The van der Waals surface area contributed by atoms with E-state index in [1.54, 1.807) is 0 Å². The first-order valence-corrected chi connectivity index (χ1v) is 31.2. The van der Waals surface area contributed by atoms with Crippen LogP contribution in [0.2, 0.25) is 0 Å². The van der Waals surface area contributed by atoms with Crippen LogP contribution in [0.25, 0.3) is 0 Å². The highest BCUT2D eigenvalue weighted by Gasteiger charge is 2.18. The smallest absolute Gasteiger partial charge is 0.306 e. The molecule has 0 saturated heterocycles. The van der Waals surface area contributed by atoms with Crippen molar-refractivity contribution in [3.05, 3.63) is 12.2 Å². The first kappa shape index (κ1) is 66.6. The quantitative estimate of drug-likeness (QED) is 0.0345. The van der Waals surface area contributed by atoms with Crippen molar-refractivity contribution >= 4 is 11.9 Å². The summed E-state index contributed by atoms with van der Waals surface area (Å²) in [5.74, 6) is -0.369. The van der Waals surface area contributed by atoms with Crippen LogP contribution in [0, 0.1) is 0 Å². The van der Waals surface area contributed by atoms with Crippen molar-refractivity contribution in [2.45, 2.75) is 361 Å². The second kappa shape index (κ2) is 59.9. The Labute approximate surface area is 426 Å². The van der Waals surface area contributed by atoms with Gasteiger partial charge in [0, 0.05) is 19.4 Å². The summed E-state index contributed by atoms with van der Waals surface area (Å²) in [6, 6.07) is 0. The predicted molar refractivity (Wildman–Crippen MR) is 298 cm³/mol. The lowest BCUT2D eigenvalue weighted by Gasteiger charge is -2.18. The average molecular weight is 960 g/mol. The minimum Gasteiger partial charge on any atom is -0.462 e. The fourth-order valence-corrected chi connectivity index (χ4v) is 9.63. The van der Waals surface area contributed by atoms with E-state index in [2.05, 4.69) is 32.9 Å². The molecule has 0 aromatic heterocycles. The lowest BCUT2D eigenvalue weighted by Crippen LogP contribution is -2.30. The molecular weight excluding hydrogens is 837 g/mol. The summed E-state index contributed by atoms with van der Waals surface area (Å²) in [7, 11) is 0.